The van der Waals surface area contributed by atoms with Gasteiger partial charge in [0.05, 0.1) is 5.02 Å². The Kier molecular flexibility index (Phi) is 7.37. The quantitative estimate of drug-likeness (QED) is 0.635. The number of nitrogens with zero attached hydrogens (tertiary/aromatic N) is 4. The Morgan fingerprint density at radius 3 is 2.41 bits per heavy atom. The van der Waals surface area contributed by atoms with E-state index in [1.807, 2.05) is 17.2 Å². The molecule has 0 atom stereocenters. The third kappa shape index (κ3) is 5.26. The second-order valence-corrected chi connectivity index (χ2v) is 11.0. The van der Waals surface area contributed by atoms with Crippen LogP contribution in [-0.2, 0) is 21.4 Å². The first-order valence-electron chi connectivity index (χ1n) is 10.7. The van der Waals surface area contributed by atoms with E-state index in [0.717, 1.165) is 19.6 Å². The number of rotatable bonds is 5. The first kappa shape index (κ1) is 23.4. The highest BCUT2D eigenvalue weighted by atomic mass is 35.5. The van der Waals surface area contributed by atoms with E-state index in [2.05, 4.69) is 16.0 Å². The van der Waals surface area contributed by atoms with Crippen LogP contribution in [0.25, 0.3) is 0 Å². The van der Waals surface area contributed by atoms with E-state index in [1.54, 1.807) is 12.3 Å². The van der Waals surface area contributed by atoms with Gasteiger partial charge in [0.25, 0.3) is 0 Å². The molecule has 1 amide bonds. The number of carbonyl (C=O) groups is 1. The monoisotopic (exact) mass is 496 g/mol. The number of halogens is 2. The van der Waals surface area contributed by atoms with Gasteiger partial charge in [-0.1, -0.05) is 29.3 Å². The van der Waals surface area contributed by atoms with Gasteiger partial charge in [0, 0.05) is 69.1 Å². The smallest absolute Gasteiger partial charge is 0.244 e. The van der Waals surface area contributed by atoms with E-state index < -0.39 is 10.0 Å². The molecule has 0 spiro atoms. The number of piperidine rings is 1. The van der Waals surface area contributed by atoms with Gasteiger partial charge >= 0.3 is 0 Å². The summed E-state index contributed by atoms with van der Waals surface area (Å²) in [6.45, 7) is 4.44. The zero-order valence-electron chi connectivity index (χ0n) is 17.7. The van der Waals surface area contributed by atoms with Crippen molar-refractivity contribution in [3.8, 4) is 0 Å². The molecule has 2 aliphatic rings. The van der Waals surface area contributed by atoms with Crippen LogP contribution in [0, 0.1) is 5.92 Å². The summed E-state index contributed by atoms with van der Waals surface area (Å²) >= 11 is 12.1. The van der Waals surface area contributed by atoms with Crippen molar-refractivity contribution in [2.24, 2.45) is 5.92 Å². The van der Waals surface area contributed by atoms with Crippen molar-refractivity contribution in [1.29, 1.82) is 0 Å². The fraction of sp³-hybridized carbons (Fsp3) is 0.455. The molecule has 0 unspecified atom stereocenters. The van der Waals surface area contributed by atoms with Crippen molar-refractivity contribution >= 4 is 39.1 Å². The Morgan fingerprint density at radius 1 is 1.03 bits per heavy atom. The molecule has 0 bridgehead atoms. The summed E-state index contributed by atoms with van der Waals surface area (Å²) in [5, 5.41) is 0.470. The summed E-state index contributed by atoms with van der Waals surface area (Å²) in [5.74, 6) is -0.0231. The number of pyridine rings is 1. The number of carbonyl (C=O) groups excluding carboxylic acids is 1. The van der Waals surface area contributed by atoms with Crippen molar-refractivity contribution in [3.63, 3.8) is 0 Å². The van der Waals surface area contributed by atoms with E-state index in [-0.39, 0.29) is 21.7 Å². The number of piperazine rings is 1. The molecule has 10 heteroatoms. The SMILES string of the molecule is O=C(C1CCN(S(=O)(=O)c2cc(Cl)ccc2Cl)CC1)N1CCN(Cc2cccnc2)CC1. The predicted molar refractivity (Wildman–Crippen MR) is 124 cm³/mol. The van der Waals surface area contributed by atoms with Gasteiger partial charge in [-0.25, -0.2) is 8.42 Å². The summed E-state index contributed by atoms with van der Waals surface area (Å²) in [6, 6.07) is 8.41. The van der Waals surface area contributed by atoms with Crippen LogP contribution < -0.4 is 0 Å². The molecule has 2 fully saturated rings. The summed E-state index contributed by atoms with van der Waals surface area (Å²) < 4.78 is 27.4. The number of hydrogen-bond donors (Lipinski definition) is 0. The largest absolute Gasteiger partial charge is 0.340 e. The molecular formula is C22H26Cl2N4O3S. The van der Waals surface area contributed by atoms with Crippen LogP contribution >= 0.6 is 23.2 Å². The molecule has 3 heterocycles. The number of hydrogen-bond acceptors (Lipinski definition) is 5. The molecule has 32 heavy (non-hydrogen) atoms. The van der Waals surface area contributed by atoms with E-state index in [0.29, 0.717) is 44.0 Å². The Bertz CT molecular complexity index is 1050. The number of sulfonamides is 1. The highest BCUT2D eigenvalue weighted by molar-refractivity contribution is 7.89. The second kappa shape index (κ2) is 10.1. The Balaban J connectivity index is 1.30. The van der Waals surface area contributed by atoms with Gasteiger partial charge in [-0.05, 0) is 42.7 Å². The van der Waals surface area contributed by atoms with Gasteiger partial charge in [-0.2, -0.15) is 4.31 Å². The lowest BCUT2D eigenvalue weighted by atomic mass is 9.96. The number of amides is 1. The maximum absolute atomic E-state index is 13.0. The minimum atomic E-state index is -3.75. The molecule has 0 aliphatic carbocycles. The van der Waals surface area contributed by atoms with Crippen LogP contribution in [0.3, 0.4) is 0 Å². The molecular weight excluding hydrogens is 471 g/mol. The normalized spacial score (nSPS) is 19.2. The Labute approximate surface area is 199 Å². The molecule has 0 radical (unpaired) electrons. The maximum Gasteiger partial charge on any atom is 0.244 e. The van der Waals surface area contributed by atoms with Crippen LogP contribution in [0.2, 0.25) is 10.0 Å². The van der Waals surface area contributed by atoms with Gasteiger partial charge in [0.2, 0.25) is 15.9 Å². The minimum absolute atomic E-state index is 0.0150. The van der Waals surface area contributed by atoms with Crippen LogP contribution in [-0.4, -0.2) is 72.7 Å². The van der Waals surface area contributed by atoms with Gasteiger partial charge in [-0.15, -0.1) is 0 Å². The fourth-order valence-corrected chi connectivity index (χ4v) is 6.50. The molecule has 0 saturated carbocycles. The molecule has 1 aromatic carbocycles. The standard InChI is InChI=1S/C22H26Cl2N4O3S/c23-19-3-4-20(24)21(14-19)32(30,31)28-8-5-18(6-9-28)22(29)27-12-10-26(11-13-27)16-17-2-1-7-25-15-17/h1-4,7,14-15,18H,5-6,8-13,16H2. The molecule has 4 rings (SSSR count). The summed E-state index contributed by atoms with van der Waals surface area (Å²) in [7, 11) is -3.75. The van der Waals surface area contributed by atoms with Gasteiger partial charge in [-0.3, -0.25) is 14.7 Å². The third-order valence-electron chi connectivity index (χ3n) is 6.13. The summed E-state index contributed by atoms with van der Waals surface area (Å²) in [5.41, 5.74) is 1.17. The molecule has 0 N–H and O–H groups in total. The lowest BCUT2D eigenvalue weighted by molar-refractivity contribution is -0.138. The fourth-order valence-electron chi connectivity index (χ4n) is 4.29. The summed E-state index contributed by atoms with van der Waals surface area (Å²) in [4.78, 5) is 21.4. The van der Waals surface area contributed by atoms with Crippen LogP contribution in [0.5, 0.6) is 0 Å². The molecule has 172 valence electrons. The van der Waals surface area contributed by atoms with E-state index in [9.17, 15) is 13.2 Å². The van der Waals surface area contributed by atoms with E-state index >= 15 is 0 Å². The average molecular weight is 497 g/mol. The summed E-state index contributed by atoms with van der Waals surface area (Å²) in [6.07, 6.45) is 4.65. The van der Waals surface area contributed by atoms with Crippen molar-refractivity contribution < 1.29 is 13.2 Å². The Morgan fingerprint density at radius 2 is 1.75 bits per heavy atom. The molecule has 7 nitrogen and oxygen atoms in total. The molecule has 2 aliphatic heterocycles. The Hall–Kier alpha value is -1.71. The zero-order chi connectivity index (χ0) is 22.7. The second-order valence-electron chi connectivity index (χ2n) is 8.22. The van der Waals surface area contributed by atoms with Gasteiger partial charge in [0.15, 0.2) is 0 Å². The molecule has 1 aromatic heterocycles. The highest BCUT2D eigenvalue weighted by Crippen LogP contribution is 2.31. The first-order chi connectivity index (χ1) is 15.3. The lowest BCUT2D eigenvalue weighted by Crippen LogP contribution is -2.51. The predicted octanol–water partition coefficient (Wildman–Crippen LogP) is 3.13. The minimum Gasteiger partial charge on any atom is -0.340 e. The molecule has 2 saturated heterocycles. The van der Waals surface area contributed by atoms with Crippen molar-refractivity contribution in [2.45, 2.75) is 24.3 Å². The topological polar surface area (TPSA) is 73.8 Å². The third-order valence-corrected chi connectivity index (χ3v) is 8.74. The van der Waals surface area contributed by atoms with E-state index in [4.69, 9.17) is 23.2 Å². The van der Waals surface area contributed by atoms with Crippen molar-refractivity contribution in [3.05, 3.63) is 58.3 Å². The van der Waals surface area contributed by atoms with Crippen molar-refractivity contribution in [2.75, 3.05) is 39.3 Å². The lowest BCUT2D eigenvalue weighted by Gasteiger charge is -2.38. The number of benzene rings is 1. The van der Waals surface area contributed by atoms with Crippen LogP contribution in [0.15, 0.2) is 47.6 Å². The highest BCUT2D eigenvalue weighted by Gasteiger charge is 2.35. The van der Waals surface area contributed by atoms with Crippen LogP contribution in [0.1, 0.15) is 18.4 Å². The number of aromatic nitrogens is 1. The van der Waals surface area contributed by atoms with Crippen molar-refractivity contribution in [1.82, 2.24) is 19.1 Å². The van der Waals surface area contributed by atoms with Crippen LogP contribution in [0.4, 0.5) is 0 Å². The van der Waals surface area contributed by atoms with Gasteiger partial charge < -0.3 is 4.90 Å². The average Bonchev–Trinajstić information content (AvgIpc) is 2.81. The first-order valence-corrected chi connectivity index (χ1v) is 12.9. The zero-order valence-corrected chi connectivity index (χ0v) is 20.0. The maximum atomic E-state index is 13.0. The molecule has 2 aromatic rings. The van der Waals surface area contributed by atoms with Gasteiger partial charge in [0.1, 0.15) is 4.90 Å². The van der Waals surface area contributed by atoms with E-state index in [1.165, 1.54) is 22.0 Å².